The maximum Gasteiger partial charge on any atom is 0.241 e. The Balaban J connectivity index is 0.000000135. The van der Waals surface area contributed by atoms with E-state index in [0.29, 0.717) is 0 Å². The first-order valence-electron chi connectivity index (χ1n) is 10.7. The number of fused-ring (bicyclic) bond motifs is 2. The molecule has 0 bridgehead atoms. The normalized spacial score (nSPS) is 19.7. The van der Waals surface area contributed by atoms with E-state index in [9.17, 15) is 0 Å². The van der Waals surface area contributed by atoms with Crippen molar-refractivity contribution in [3.05, 3.63) is 95.3 Å². The van der Waals surface area contributed by atoms with E-state index in [2.05, 4.69) is 114 Å². The molecule has 0 N–H and O–H groups in total. The van der Waals surface area contributed by atoms with Gasteiger partial charge in [-0.25, -0.2) is 0 Å². The Hall–Kier alpha value is -2.42. The molecule has 5 rings (SSSR count). The van der Waals surface area contributed by atoms with Gasteiger partial charge in [0.15, 0.2) is 0 Å². The number of hydrogen-bond donors (Lipinski definition) is 0. The van der Waals surface area contributed by atoms with Crippen molar-refractivity contribution in [3.63, 3.8) is 0 Å². The third kappa shape index (κ3) is 4.66. The quantitative estimate of drug-likeness (QED) is 0.302. The van der Waals surface area contributed by atoms with Crippen LogP contribution in [0.5, 0.6) is 0 Å². The molecule has 0 saturated carbocycles. The van der Waals surface area contributed by atoms with Crippen LogP contribution in [0.3, 0.4) is 0 Å². The molecule has 0 amide bonds. The van der Waals surface area contributed by atoms with Gasteiger partial charge in [-0.2, -0.15) is 0 Å². The predicted molar refractivity (Wildman–Crippen MR) is 135 cm³/mol. The molecule has 2 aromatic carbocycles. The molecule has 156 valence electrons. The van der Waals surface area contributed by atoms with E-state index in [4.69, 9.17) is 4.43 Å². The Labute approximate surface area is 183 Å². The van der Waals surface area contributed by atoms with Crippen molar-refractivity contribution in [2.24, 2.45) is 5.41 Å². The van der Waals surface area contributed by atoms with Crippen LogP contribution in [-0.4, -0.2) is 13.9 Å². The zero-order chi connectivity index (χ0) is 21.8. The highest BCUT2D eigenvalue weighted by Gasteiger charge is 2.49. The first kappa shape index (κ1) is 22.3. The highest BCUT2D eigenvalue weighted by atomic mass is 28.4. The second-order valence-corrected chi connectivity index (χ2v) is 12.7. The lowest BCUT2D eigenvalue weighted by molar-refractivity contribution is -0.0364. The van der Waals surface area contributed by atoms with E-state index >= 15 is 0 Å². The summed E-state index contributed by atoms with van der Waals surface area (Å²) in [6.07, 6.45) is 9.68. The van der Waals surface area contributed by atoms with Crippen molar-refractivity contribution < 1.29 is 4.43 Å². The average Bonchev–Trinajstić information content (AvgIpc) is 2.67. The molecule has 0 atom stereocenters. The van der Waals surface area contributed by atoms with E-state index in [-0.39, 0.29) is 11.0 Å². The monoisotopic (exact) mass is 414 g/mol. The maximum absolute atomic E-state index is 6.28. The smallest absolute Gasteiger partial charge is 0.241 e. The van der Waals surface area contributed by atoms with Crippen LogP contribution in [0.15, 0.2) is 73.1 Å². The van der Waals surface area contributed by atoms with Gasteiger partial charge in [0.25, 0.3) is 0 Å². The summed E-state index contributed by atoms with van der Waals surface area (Å²) >= 11 is 0. The van der Waals surface area contributed by atoms with Gasteiger partial charge in [0.1, 0.15) is 0 Å². The van der Waals surface area contributed by atoms with Crippen LogP contribution in [0.4, 0.5) is 0 Å². The molecule has 0 spiro atoms. The third-order valence-electron chi connectivity index (χ3n) is 6.78. The number of benzene rings is 2. The van der Waals surface area contributed by atoms with Crippen molar-refractivity contribution in [1.82, 2.24) is 0 Å². The van der Waals surface area contributed by atoms with Gasteiger partial charge in [0.05, 0.1) is 5.60 Å². The summed E-state index contributed by atoms with van der Waals surface area (Å²) in [5, 5.41) is 0. The fraction of sp³-hybridized carbons (Fsp3) is 0.286. The van der Waals surface area contributed by atoms with E-state index in [1.54, 1.807) is 0 Å². The molecule has 30 heavy (non-hydrogen) atoms. The van der Waals surface area contributed by atoms with Gasteiger partial charge in [-0.3, -0.25) is 0 Å². The summed E-state index contributed by atoms with van der Waals surface area (Å²) in [5.41, 5.74) is 9.67. The number of rotatable bonds is 2. The Morgan fingerprint density at radius 3 is 1.33 bits per heavy atom. The lowest BCUT2D eigenvalue weighted by Gasteiger charge is -2.51. The molecule has 1 fully saturated rings. The molecule has 2 heteroatoms. The van der Waals surface area contributed by atoms with Crippen LogP contribution in [0.25, 0.3) is 24.3 Å². The van der Waals surface area contributed by atoms with Gasteiger partial charge in [-0.1, -0.05) is 98.1 Å². The summed E-state index contributed by atoms with van der Waals surface area (Å²) in [7, 11) is -1.83. The zero-order valence-corrected chi connectivity index (χ0v) is 19.8. The van der Waals surface area contributed by atoms with E-state index in [1.807, 2.05) is 11.4 Å². The van der Waals surface area contributed by atoms with E-state index in [0.717, 1.165) is 6.04 Å². The standard InChI is InChI=1S/C12H22OSi.2C8H6/c1-7-14(8-2)10-9-11(3,4)12(5,6)13-14;2*1-2-4-8-6-5-7(8)3-1/h7-8H,1-2,9-10H2,3-6H3;2*1-6H. The minimum absolute atomic E-state index is 0.0696. The van der Waals surface area contributed by atoms with Gasteiger partial charge in [-0.15, -0.1) is 13.2 Å². The molecule has 2 aromatic rings. The Kier molecular flexibility index (Phi) is 6.49. The summed E-state index contributed by atoms with van der Waals surface area (Å²) in [5.74, 6) is 0. The summed E-state index contributed by atoms with van der Waals surface area (Å²) < 4.78 is 6.28. The van der Waals surface area contributed by atoms with Crippen LogP contribution in [-0.2, 0) is 4.43 Å². The van der Waals surface area contributed by atoms with Crippen LogP contribution >= 0.6 is 0 Å². The van der Waals surface area contributed by atoms with Gasteiger partial charge >= 0.3 is 0 Å². The molecule has 1 heterocycles. The average molecular weight is 415 g/mol. The molecular formula is C28H34OSi. The highest BCUT2D eigenvalue weighted by molar-refractivity contribution is 6.83. The highest BCUT2D eigenvalue weighted by Crippen LogP contribution is 2.46. The Morgan fingerprint density at radius 2 is 1.10 bits per heavy atom. The van der Waals surface area contributed by atoms with Crippen molar-refractivity contribution in [2.45, 2.75) is 45.8 Å². The Morgan fingerprint density at radius 1 is 0.733 bits per heavy atom. The lowest BCUT2D eigenvalue weighted by Crippen LogP contribution is -2.55. The molecule has 1 aliphatic heterocycles. The third-order valence-corrected chi connectivity index (χ3v) is 10.1. The van der Waals surface area contributed by atoms with E-state index in [1.165, 1.54) is 28.7 Å². The van der Waals surface area contributed by atoms with Crippen molar-refractivity contribution >= 4 is 32.6 Å². The number of hydrogen-bond acceptors (Lipinski definition) is 1. The summed E-state index contributed by atoms with van der Waals surface area (Å²) in [4.78, 5) is 0. The van der Waals surface area contributed by atoms with Crippen LogP contribution in [0.1, 0.15) is 56.4 Å². The largest absolute Gasteiger partial charge is 0.404 e. The SMILES string of the molecule is C1=Cc2ccccc21.C1=Cc2ccccc21.C=C[Si]1(C=C)CCC(C)(C)C(C)(C)O1. The molecule has 3 aliphatic rings. The minimum atomic E-state index is -1.83. The van der Waals surface area contributed by atoms with Crippen LogP contribution < -0.4 is 0 Å². The minimum Gasteiger partial charge on any atom is -0.404 e. The molecule has 0 aromatic heterocycles. The zero-order valence-electron chi connectivity index (χ0n) is 18.8. The van der Waals surface area contributed by atoms with E-state index < -0.39 is 8.32 Å². The van der Waals surface area contributed by atoms with Gasteiger partial charge < -0.3 is 4.43 Å². The summed E-state index contributed by atoms with van der Waals surface area (Å²) in [6, 6.07) is 17.8. The van der Waals surface area contributed by atoms with Gasteiger partial charge in [0, 0.05) is 0 Å². The summed E-state index contributed by atoms with van der Waals surface area (Å²) in [6.45, 7) is 16.7. The van der Waals surface area contributed by atoms with Crippen LogP contribution in [0.2, 0.25) is 6.04 Å². The fourth-order valence-corrected chi connectivity index (χ4v) is 6.73. The second-order valence-electron chi connectivity index (χ2n) is 9.28. The first-order valence-corrected chi connectivity index (χ1v) is 13.0. The van der Waals surface area contributed by atoms with Crippen molar-refractivity contribution in [1.29, 1.82) is 0 Å². The maximum atomic E-state index is 6.28. The molecule has 1 saturated heterocycles. The molecule has 2 aliphatic carbocycles. The first-order chi connectivity index (χ1) is 14.2. The van der Waals surface area contributed by atoms with Crippen molar-refractivity contribution in [2.75, 3.05) is 0 Å². The Bertz CT molecular complexity index is 866. The van der Waals surface area contributed by atoms with Crippen molar-refractivity contribution in [3.8, 4) is 0 Å². The predicted octanol–water partition coefficient (Wildman–Crippen LogP) is 7.95. The van der Waals surface area contributed by atoms with Gasteiger partial charge in [-0.05, 0) is 54.0 Å². The molecule has 1 nitrogen and oxygen atoms in total. The fourth-order valence-electron chi connectivity index (χ4n) is 3.64. The topological polar surface area (TPSA) is 9.23 Å². The molecule has 0 unspecified atom stereocenters. The van der Waals surface area contributed by atoms with Crippen LogP contribution in [0, 0.1) is 5.41 Å². The molecular weight excluding hydrogens is 380 g/mol. The molecule has 0 radical (unpaired) electrons. The lowest BCUT2D eigenvalue weighted by atomic mass is 9.75. The van der Waals surface area contributed by atoms with Gasteiger partial charge in [0.2, 0.25) is 8.32 Å². The second kappa shape index (κ2) is 8.75.